The number of hydrogen-bond acceptors (Lipinski definition) is 1. The zero-order valence-electron chi connectivity index (χ0n) is 8.90. The van der Waals surface area contributed by atoms with Crippen molar-refractivity contribution < 1.29 is 4.43 Å². The molecule has 0 saturated heterocycles. The van der Waals surface area contributed by atoms with Gasteiger partial charge in [0, 0.05) is 0 Å². The van der Waals surface area contributed by atoms with Gasteiger partial charge in [-0.15, -0.1) is 0 Å². The normalized spacial score (nSPS) is 12.4. The fourth-order valence-electron chi connectivity index (χ4n) is 0.522. The lowest BCUT2D eigenvalue weighted by Gasteiger charge is -2.36. The Morgan fingerprint density at radius 3 is 2.00 bits per heavy atom. The summed E-state index contributed by atoms with van der Waals surface area (Å²) in [6.45, 7) is 18.4. The summed E-state index contributed by atoms with van der Waals surface area (Å²) >= 11 is 0. The Bertz CT molecular complexity index is 187. The first-order valence-electron chi connectivity index (χ1n) is 4.21. The molecular weight excluding hydrogens is 164 g/mol. The van der Waals surface area contributed by atoms with Gasteiger partial charge < -0.3 is 4.43 Å². The van der Waals surface area contributed by atoms with Crippen LogP contribution in [0, 0.1) is 0 Å². The van der Waals surface area contributed by atoms with Crippen LogP contribution < -0.4 is 0 Å². The molecule has 0 aromatic carbocycles. The summed E-state index contributed by atoms with van der Waals surface area (Å²) in [5.74, 6) is 0.696. The molecule has 0 amide bonds. The SMILES string of the molecule is C=CC(=C)O[Si](C)(C)C(C)(C)C. The Labute approximate surface area is 77.3 Å². The molecule has 0 bridgehead atoms. The molecule has 0 aliphatic heterocycles. The lowest BCUT2D eigenvalue weighted by molar-refractivity contribution is 0.402. The van der Waals surface area contributed by atoms with E-state index in [0.29, 0.717) is 5.76 Å². The Balaban J connectivity index is 4.43. The zero-order chi connectivity index (χ0) is 9.99. The second-order valence-corrected chi connectivity index (χ2v) is 9.26. The van der Waals surface area contributed by atoms with E-state index in [1.54, 1.807) is 6.08 Å². The maximum absolute atomic E-state index is 5.78. The molecule has 0 radical (unpaired) electrons. The van der Waals surface area contributed by atoms with E-state index in [0.717, 1.165) is 0 Å². The first-order valence-corrected chi connectivity index (χ1v) is 7.12. The van der Waals surface area contributed by atoms with Crippen LogP contribution in [0.4, 0.5) is 0 Å². The predicted molar refractivity (Wildman–Crippen MR) is 57.6 cm³/mol. The molecule has 12 heavy (non-hydrogen) atoms. The van der Waals surface area contributed by atoms with Crippen LogP contribution in [0.5, 0.6) is 0 Å². The summed E-state index contributed by atoms with van der Waals surface area (Å²) in [5, 5.41) is 0.235. The van der Waals surface area contributed by atoms with Gasteiger partial charge in [0.25, 0.3) is 0 Å². The first kappa shape index (κ1) is 11.5. The molecule has 70 valence electrons. The summed E-state index contributed by atoms with van der Waals surface area (Å²) in [4.78, 5) is 0. The van der Waals surface area contributed by atoms with Crippen molar-refractivity contribution in [2.75, 3.05) is 0 Å². The molecule has 1 nitrogen and oxygen atoms in total. The molecule has 0 rings (SSSR count). The molecule has 0 saturated carbocycles. The lowest BCUT2D eigenvalue weighted by Crippen LogP contribution is -2.40. The molecule has 0 N–H and O–H groups in total. The van der Waals surface area contributed by atoms with E-state index in [4.69, 9.17) is 4.43 Å². The maximum Gasteiger partial charge on any atom is 0.250 e. The van der Waals surface area contributed by atoms with Crippen LogP contribution in [0.25, 0.3) is 0 Å². The molecule has 0 aromatic heterocycles. The van der Waals surface area contributed by atoms with Crippen molar-refractivity contribution in [1.29, 1.82) is 0 Å². The van der Waals surface area contributed by atoms with Crippen molar-refractivity contribution in [3.8, 4) is 0 Å². The van der Waals surface area contributed by atoms with E-state index in [1.165, 1.54) is 0 Å². The second-order valence-electron chi connectivity index (χ2n) is 4.53. The predicted octanol–water partition coefficient (Wildman–Crippen LogP) is 3.71. The molecular formula is C10H20OSi. The quantitative estimate of drug-likeness (QED) is 0.369. The fourth-order valence-corrected chi connectivity index (χ4v) is 1.57. The molecule has 0 heterocycles. The van der Waals surface area contributed by atoms with Crippen molar-refractivity contribution in [2.24, 2.45) is 0 Å². The van der Waals surface area contributed by atoms with E-state index >= 15 is 0 Å². The molecule has 0 aromatic rings. The molecule has 0 unspecified atom stereocenters. The minimum absolute atomic E-state index is 0.235. The monoisotopic (exact) mass is 184 g/mol. The van der Waals surface area contributed by atoms with E-state index in [-0.39, 0.29) is 5.04 Å². The Kier molecular flexibility index (Phi) is 3.33. The van der Waals surface area contributed by atoms with Crippen molar-refractivity contribution in [1.82, 2.24) is 0 Å². The van der Waals surface area contributed by atoms with Crippen LogP contribution in [0.2, 0.25) is 18.1 Å². The van der Waals surface area contributed by atoms with Crippen LogP contribution in [-0.2, 0) is 4.43 Å². The highest BCUT2D eigenvalue weighted by Crippen LogP contribution is 2.37. The van der Waals surface area contributed by atoms with Gasteiger partial charge in [0.2, 0.25) is 8.32 Å². The summed E-state index contributed by atoms with van der Waals surface area (Å²) in [5.41, 5.74) is 0. The van der Waals surface area contributed by atoms with Gasteiger partial charge in [-0.05, 0) is 24.2 Å². The van der Waals surface area contributed by atoms with Gasteiger partial charge in [-0.2, -0.15) is 0 Å². The van der Waals surface area contributed by atoms with Crippen LogP contribution in [-0.4, -0.2) is 8.32 Å². The summed E-state index contributed by atoms with van der Waals surface area (Å²) in [6, 6.07) is 0. The van der Waals surface area contributed by atoms with Gasteiger partial charge in [-0.3, -0.25) is 0 Å². The van der Waals surface area contributed by atoms with Gasteiger partial charge >= 0.3 is 0 Å². The zero-order valence-corrected chi connectivity index (χ0v) is 9.90. The third-order valence-corrected chi connectivity index (χ3v) is 6.80. The molecule has 0 fully saturated rings. The highest BCUT2D eigenvalue weighted by molar-refractivity contribution is 6.74. The van der Waals surface area contributed by atoms with Gasteiger partial charge in [-0.25, -0.2) is 0 Å². The summed E-state index contributed by atoms with van der Waals surface area (Å²) in [7, 11) is -1.66. The summed E-state index contributed by atoms with van der Waals surface area (Å²) < 4.78 is 5.78. The molecule has 0 aliphatic rings. The van der Waals surface area contributed by atoms with Crippen molar-refractivity contribution >= 4 is 8.32 Å². The van der Waals surface area contributed by atoms with Crippen molar-refractivity contribution in [3.63, 3.8) is 0 Å². The van der Waals surface area contributed by atoms with E-state index < -0.39 is 8.32 Å². The molecule has 0 aliphatic carbocycles. The topological polar surface area (TPSA) is 9.23 Å². The minimum Gasteiger partial charge on any atom is -0.544 e. The third kappa shape index (κ3) is 2.86. The van der Waals surface area contributed by atoms with E-state index in [2.05, 4.69) is 47.0 Å². The van der Waals surface area contributed by atoms with Crippen LogP contribution in [0.3, 0.4) is 0 Å². The number of hydrogen-bond donors (Lipinski definition) is 0. The fraction of sp³-hybridized carbons (Fsp3) is 0.600. The van der Waals surface area contributed by atoms with Crippen LogP contribution in [0.1, 0.15) is 20.8 Å². The molecule has 0 spiro atoms. The van der Waals surface area contributed by atoms with Crippen molar-refractivity contribution in [3.05, 3.63) is 25.0 Å². The largest absolute Gasteiger partial charge is 0.544 e. The first-order chi connectivity index (χ1) is 5.20. The number of rotatable bonds is 3. The average Bonchev–Trinajstić information content (AvgIpc) is 1.84. The Morgan fingerprint density at radius 2 is 1.75 bits per heavy atom. The van der Waals surface area contributed by atoms with Crippen LogP contribution >= 0.6 is 0 Å². The van der Waals surface area contributed by atoms with E-state index in [1.807, 2.05) is 0 Å². The Hall–Kier alpha value is -0.503. The minimum atomic E-state index is -1.66. The van der Waals surface area contributed by atoms with Crippen molar-refractivity contribution in [2.45, 2.75) is 38.9 Å². The lowest BCUT2D eigenvalue weighted by atomic mass is 10.2. The maximum atomic E-state index is 5.78. The smallest absolute Gasteiger partial charge is 0.250 e. The summed E-state index contributed by atoms with van der Waals surface area (Å²) in [6.07, 6.45) is 1.67. The van der Waals surface area contributed by atoms with E-state index in [9.17, 15) is 0 Å². The van der Waals surface area contributed by atoms with Gasteiger partial charge in [0.15, 0.2) is 0 Å². The van der Waals surface area contributed by atoms with Gasteiger partial charge in [0.05, 0.1) is 5.76 Å². The highest BCUT2D eigenvalue weighted by Gasteiger charge is 2.38. The third-order valence-electron chi connectivity index (χ3n) is 2.42. The van der Waals surface area contributed by atoms with Gasteiger partial charge in [0.1, 0.15) is 0 Å². The van der Waals surface area contributed by atoms with Crippen LogP contribution in [0.15, 0.2) is 25.0 Å². The number of allylic oxidation sites excluding steroid dienone is 1. The standard InChI is InChI=1S/C10H20OSi/c1-8-9(2)11-12(6,7)10(3,4)5/h8H,1-2H2,3-7H3. The molecule has 0 atom stereocenters. The molecule has 2 heteroatoms. The second kappa shape index (κ2) is 3.48. The van der Waals surface area contributed by atoms with Gasteiger partial charge in [-0.1, -0.05) is 33.9 Å². The Morgan fingerprint density at radius 1 is 1.33 bits per heavy atom. The highest BCUT2D eigenvalue weighted by atomic mass is 28.4. The average molecular weight is 184 g/mol.